The highest BCUT2D eigenvalue weighted by molar-refractivity contribution is 7.92. The number of amides is 2. The van der Waals surface area contributed by atoms with Gasteiger partial charge in [-0.15, -0.1) is 0 Å². The lowest BCUT2D eigenvalue weighted by molar-refractivity contribution is -0.141. The molecular formula is C32H38Cl3N3O4S. The molecule has 0 heterocycles. The number of benzene rings is 3. The Hall–Kier alpha value is -2.78. The number of sulfonamides is 1. The fourth-order valence-corrected chi connectivity index (χ4v) is 6.40. The van der Waals surface area contributed by atoms with Gasteiger partial charge >= 0.3 is 0 Å². The van der Waals surface area contributed by atoms with Gasteiger partial charge in [0.1, 0.15) is 6.04 Å². The molecule has 3 aromatic carbocycles. The largest absolute Gasteiger partial charge is 0.352 e. The Kier molecular flexibility index (Phi) is 12.8. The average Bonchev–Trinajstić information content (AvgIpc) is 2.95. The van der Waals surface area contributed by atoms with Crippen LogP contribution in [0, 0.1) is 6.92 Å². The van der Waals surface area contributed by atoms with Crippen LogP contribution in [-0.2, 0) is 32.6 Å². The SMILES string of the molecule is CC[C@H](C)NC(=O)[C@@H](Cc1ccccc1)N(Cc1c(Cl)cccc1Cl)C(=O)CCCN(c1cccc(Cl)c1C)S(C)(=O)=O. The molecule has 0 bridgehead atoms. The summed E-state index contributed by atoms with van der Waals surface area (Å²) in [5, 5.41) is 4.23. The molecule has 0 aromatic heterocycles. The predicted octanol–water partition coefficient (Wildman–Crippen LogP) is 7.06. The molecule has 0 aliphatic rings. The smallest absolute Gasteiger partial charge is 0.243 e. The van der Waals surface area contributed by atoms with Gasteiger partial charge < -0.3 is 10.2 Å². The van der Waals surface area contributed by atoms with Crippen molar-refractivity contribution >= 4 is 62.3 Å². The van der Waals surface area contributed by atoms with Gasteiger partial charge in [-0.2, -0.15) is 0 Å². The molecule has 0 radical (unpaired) electrons. The maximum absolute atomic E-state index is 14.0. The van der Waals surface area contributed by atoms with Crippen molar-refractivity contribution in [3.05, 3.63) is 98.5 Å². The van der Waals surface area contributed by atoms with Gasteiger partial charge in [-0.05, 0) is 62.1 Å². The lowest BCUT2D eigenvalue weighted by atomic mass is 10.0. The van der Waals surface area contributed by atoms with Crippen molar-refractivity contribution in [2.24, 2.45) is 0 Å². The minimum atomic E-state index is -3.67. The topological polar surface area (TPSA) is 86.8 Å². The number of hydrogen-bond donors (Lipinski definition) is 1. The number of carbonyl (C=O) groups excluding carboxylic acids is 2. The van der Waals surface area contributed by atoms with Gasteiger partial charge in [0.05, 0.1) is 11.9 Å². The number of carbonyl (C=O) groups is 2. The maximum Gasteiger partial charge on any atom is 0.243 e. The van der Waals surface area contributed by atoms with Gasteiger partial charge in [0.2, 0.25) is 21.8 Å². The Morgan fingerprint density at radius 2 is 1.51 bits per heavy atom. The number of halogens is 3. The number of rotatable bonds is 14. The zero-order valence-corrected chi connectivity index (χ0v) is 27.9. The van der Waals surface area contributed by atoms with E-state index in [1.165, 1.54) is 9.21 Å². The Morgan fingerprint density at radius 3 is 2.12 bits per heavy atom. The van der Waals surface area contributed by atoms with Crippen LogP contribution in [0.1, 0.15) is 49.8 Å². The van der Waals surface area contributed by atoms with E-state index in [-0.39, 0.29) is 50.2 Å². The summed E-state index contributed by atoms with van der Waals surface area (Å²) in [7, 11) is -3.67. The number of anilines is 1. The first-order valence-electron chi connectivity index (χ1n) is 14.1. The van der Waals surface area contributed by atoms with E-state index >= 15 is 0 Å². The van der Waals surface area contributed by atoms with Crippen LogP contribution in [0.25, 0.3) is 0 Å². The fraction of sp³-hybridized carbons (Fsp3) is 0.375. The average molecular weight is 667 g/mol. The van der Waals surface area contributed by atoms with E-state index in [9.17, 15) is 18.0 Å². The van der Waals surface area contributed by atoms with Crippen molar-refractivity contribution in [2.45, 2.75) is 65.1 Å². The molecule has 0 saturated heterocycles. The first-order valence-corrected chi connectivity index (χ1v) is 17.1. The summed E-state index contributed by atoms with van der Waals surface area (Å²) in [5.41, 5.74) is 2.49. The van der Waals surface area contributed by atoms with Crippen LogP contribution in [0.3, 0.4) is 0 Å². The normalized spacial score (nSPS) is 12.8. The molecule has 1 N–H and O–H groups in total. The van der Waals surface area contributed by atoms with E-state index in [1.807, 2.05) is 44.2 Å². The van der Waals surface area contributed by atoms with Crippen molar-refractivity contribution < 1.29 is 18.0 Å². The molecule has 0 aliphatic carbocycles. The van der Waals surface area contributed by atoms with Crippen molar-refractivity contribution in [2.75, 3.05) is 17.1 Å². The van der Waals surface area contributed by atoms with Gasteiger partial charge in [0.25, 0.3) is 0 Å². The maximum atomic E-state index is 14.0. The molecule has 2 atom stereocenters. The molecule has 43 heavy (non-hydrogen) atoms. The van der Waals surface area contributed by atoms with Crippen LogP contribution in [0.4, 0.5) is 5.69 Å². The zero-order valence-electron chi connectivity index (χ0n) is 24.8. The molecule has 0 aliphatic heterocycles. The van der Waals surface area contributed by atoms with E-state index < -0.39 is 16.1 Å². The molecule has 0 fully saturated rings. The van der Waals surface area contributed by atoms with Crippen molar-refractivity contribution in [3.8, 4) is 0 Å². The van der Waals surface area contributed by atoms with Gasteiger partial charge in [0, 0.05) is 52.6 Å². The summed E-state index contributed by atoms with van der Waals surface area (Å²) >= 11 is 19.3. The summed E-state index contributed by atoms with van der Waals surface area (Å²) < 4.78 is 26.8. The third kappa shape index (κ3) is 9.60. The third-order valence-corrected chi connectivity index (χ3v) is 9.62. The van der Waals surface area contributed by atoms with Crippen LogP contribution in [-0.4, -0.2) is 50.0 Å². The first kappa shape index (κ1) is 34.7. The summed E-state index contributed by atoms with van der Waals surface area (Å²) in [6, 6.07) is 18.7. The molecule has 11 heteroatoms. The van der Waals surface area contributed by atoms with Gasteiger partial charge in [-0.3, -0.25) is 13.9 Å². The molecule has 0 spiro atoms. The Balaban J connectivity index is 1.95. The molecule has 2 amide bonds. The Bertz CT molecular complexity index is 1500. The number of nitrogens with one attached hydrogen (secondary N) is 1. The molecule has 3 aromatic rings. The van der Waals surface area contributed by atoms with Crippen LogP contribution in [0.5, 0.6) is 0 Å². The highest BCUT2D eigenvalue weighted by Crippen LogP contribution is 2.30. The molecular weight excluding hydrogens is 629 g/mol. The Morgan fingerprint density at radius 1 is 0.907 bits per heavy atom. The predicted molar refractivity (Wildman–Crippen MR) is 176 cm³/mol. The van der Waals surface area contributed by atoms with Crippen molar-refractivity contribution in [1.29, 1.82) is 0 Å². The summed E-state index contributed by atoms with van der Waals surface area (Å²) in [6.07, 6.45) is 2.30. The molecule has 0 unspecified atom stereocenters. The molecule has 7 nitrogen and oxygen atoms in total. The third-order valence-electron chi connectivity index (χ3n) is 7.32. The van der Waals surface area contributed by atoms with E-state index in [0.29, 0.717) is 31.9 Å². The van der Waals surface area contributed by atoms with Crippen LogP contribution >= 0.6 is 34.8 Å². The highest BCUT2D eigenvalue weighted by Gasteiger charge is 2.32. The minimum Gasteiger partial charge on any atom is -0.352 e. The van der Waals surface area contributed by atoms with Crippen LogP contribution in [0.2, 0.25) is 15.1 Å². The monoisotopic (exact) mass is 665 g/mol. The standard InChI is InChI=1S/C32H38Cl3N3O4S/c1-5-22(2)36-32(40)30(20-24-12-7-6-8-13-24)37(21-25-27(34)15-9-16-28(25)35)31(39)18-11-19-38(43(4,41)42)29-17-10-14-26(33)23(29)3/h6-10,12-17,22,30H,5,11,18-21H2,1-4H3,(H,36,40)/t22-,30+/m0/s1. The zero-order chi connectivity index (χ0) is 31.7. The molecule has 0 saturated carbocycles. The second-order valence-corrected chi connectivity index (χ2v) is 13.7. The lowest BCUT2D eigenvalue weighted by Crippen LogP contribution is -2.52. The summed E-state index contributed by atoms with van der Waals surface area (Å²) in [4.78, 5) is 29.2. The van der Waals surface area contributed by atoms with E-state index in [4.69, 9.17) is 34.8 Å². The number of hydrogen-bond acceptors (Lipinski definition) is 4. The van der Waals surface area contributed by atoms with Gasteiger partial charge in [0.15, 0.2) is 0 Å². The second kappa shape index (κ2) is 15.8. The van der Waals surface area contributed by atoms with Crippen molar-refractivity contribution in [1.82, 2.24) is 10.2 Å². The van der Waals surface area contributed by atoms with E-state index in [1.54, 1.807) is 43.3 Å². The van der Waals surface area contributed by atoms with Crippen molar-refractivity contribution in [3.63, 3.8) is 0 Å². The highest BCUT2D eigenvalue weighted by atomic mass is 35.5. The number of nitrogens with zero attached hydrogens (tertiary/aromatic N) is 2. The molecule has 232 valence electrons. The molecule has 3 rings (SSSR count). The lowest BCUT2D eigenvalue weighted by Gasteiger charge is -2.33. The second-order valence-electron chi connectivity index (χ2n) is 10.6. The van der Waals surface area contributed by atoms with E-state index in [0.717, 1.165) is 18.2 Å². The van der Waals surface area contributed by atoms with Gasteiger partial charge in [-0.25, -0.2) is 8.42 Å². The Labute approximate surface area is 270 Å². The van der Waals surface area contributed by atoms with Gasteiger partial charge in [-0.1, -0.05) is 84.2 Å². The fourth-order valence-electron chi connectivity index (χ4n) is 4.70. The minimum absolute atomic E-state index is 0.00591. The van der Waals surface area contributed by atoms with Crippen LogP contribution in [0.15, 0.2) is 66.7 Å². The van der Waals surface area contributed by atoms with E-state index in [2.05, 4.69) is 5.32 Å². The summed E-state index contributed by atoms with van der Waals surface area (Å²) in [6.45, 7) is 5.69. The quantitative estimate of drug-likeness (QED) is 0.200. The first-order chi connectivity index (χ1) is 20.3. The van der Waals surface area contributed by atoms with Crippen LogP contribution < -0.4 is 9.62 Å². The summed E-state index contributed by atoms with van der Waals surface area (Å²) in [5.74, 6) is -0.616.